The Kier molecular flexibility index (Phi) is 4.94. The minimum Gasteiger partial charge on any atom is -0.409 e. The number of oxime groups is 1. The minimum absolute atomic E-state index is 0.267. The van der Waals surface area contributed by atoms with E-state index in [1.54, 1.807) is 0 Å². The van der Waals surface area contributed by atoms with Gasteiger partial charge in [0, 0.05) is 30.3 Å². The molecule has 0 aliphatic rings. The third-order valence-corrected chi connectivity index (χ3v) is 3.69. The SMILES string of the molecule is Cc1nn(C)c(C)c1CNCCC(C)(C)C(N)=NO. The van der Waals surface area contributed by atoms with Crippen molar-refractivity contribution in [2.45, 2.75) is 40.7 Å². The minimum atomic E-state index is -0.305. The fraction of sp³-hybridized carbons (Fsp3) is 0.692. The first-order valence-corrected chi connectivity index (χ1v) is 6.47. The van der Waals surface area contributed by atoms with E-state index in [0.717, 1.165) is 25.2 Å². The highest BCUT2D eigenvalue weighted by Crippen LogP contribution is 2.19. The van der Waals surface area contributed by atoms with Gasteiger partial charge in [-0.25, -0.2) is 0 Å². The predicted molar refractivity (Wildman–Crippen MR) is 76.2 cm³/mol. The van der Waals surface area contributed by atoms with Crippen LogP contribution in [0.2, 0.25) is 0 Å². The number of nitrogens with zero attached hydrogens (tertiary/aromatic N) is 3. The monoisotopic (exact) mass is 267 g/mol. The summed E-state index contributed by atoms with van der Waals surface area (Å²) in [6.45, 7) is 9.60. The Balaban J connectivity index is 2.48. The zero-order valence-electron chi connectivity index (χ0n) is 12.5. The summed E-state index contributed by atoms with van der Waals surface area (Å²) in [4.78, 5) is 0. The molecule has 0 fully saturated rings. The van der Waals surface area contributed by atoms with Crippen LogP contribution in [0.25, 0.3) is 0 Å². The van der Waals surface area contributed by atoms with Crippen LogP contribution in [0.15, 0.2) is 5.16 Å². The van der Waals surface area contributed by atoms with Crippen LogP contribution >= 0.6 is 0 Å². The molecular formula is C13H25N5O. The largest absolute Gasteiger partial charge is 0.409 e. The summed E-state index contributed by atoms with van der Waals surface area (Å²) in [6, 6.07) is 0. The molecule has 6 heteroatoms. The van der Waals surface area contributed by atoms with Gasteiger partial charge in [-0.3, -0.25) is 4.68 Å². The van der Waals surface area contributed by atoms with Crippen molar-refractivity contribution in [2.75, 3.05) is 6.54 Å². The van der Waals surface area contributed by atoms with E-state index in [4.69, 9.17) is 10.9 Å². The lowest BCUT2D eigenvalue weighted by atomic mass is 9.88. The van der Waals surface area contributed by atoms with Crippen molar-refractivity contribution in [3.63, 3.8) is 0 Å². The molecule has 0 aliphatic heterocycles. The van der Waals surface area contributed by atoms with Crippen LogP contribution in [0.5, 0.6) is 0 Å². The molecular weight excluding hydrogens is 242 g/mol. The molecule has 1 aromatic heterocycles. The van der Waals surface area contributed by atoms with Crippen LogP contribution in [-0.2, 0) is 13.6 Å². The maximum absolute atomic E-state index is 8.71. The molecule has 0 radical (unpaired) electrons. The van der Waals surface area contributed by atoms with E-state index in [1.807, 2.05) is 32.5 Å². The summed E-state index contributed by atoms with van der Waals surface area (Å²) in [5.41, 5.74) is 8.83. The van der Waals surface area contributed by atoms with Gasteiger partial charge in [-0.05, 0) is 26.8 Å². The molecule has 0 amide bonds. The molecule has 108 valence electrons. The number of nitrogens with two attached hydrogens (primary N) is 1. The topological polar surface area (TPSA) is 88.5 Å². The van der Waals surface area contributed by atoms with E-state index in [2.05, 4.69) is 22.5 Å². The average Bonchev–Trinajstić information content (AvgIpc) is 2.59. The van der Waals surface area contributed by atoms with Gasteiger partial charge in [0.2, 0.25) is 0 Å². The number of nitrogens with one attached hydrogen (secondary N) is 1. The molecule has 1 rings (SSSR count). The molecule has 0 aromatic carbocycles. The Morgan fingerprint density at radius 1 is 1.47 bits per heavy atom. The molecule has 0 atom stereocenters. The molecule has 4 N–H and O–H groups in total. The van der Waals surface area contributed by atoms with Crippen LogP contribution in [0, 0.1) is 19.3 Å². The van der Waals surface area contributed by atoms with Crippen molar-refractivity contribution in [1.82, 2.24) is 15.1 Å². The molecule has 0 saturated heterocycles. The summed E-state index contributed by atoms with van der Waals surface area (Å²) >= 11 is 0. The van der Waals surface area contributed by atoms with Gasteiger partial charge in [0.15, 0.2) is 0 Å². The fourth-order valence-electron chi connectivity index (χ4n) is 1.95. The third kappa shape index (κ3) is 3.70. The van der Waals surface area contributed by atoms with Gasteiger partial charge >= 0.3 is 0 Å². The standard InChI is InChI=1S/C13H25N5O/c1-9-11(10(2)18(5)16-9)8-15-7-6-13(3,4)12(14)17-19/h15,19H,6-8H2,1-5H3,(H2,14,17). The first kappa shape index (κ1) is 15.5. The number of aryl methyl sites for hydroxylation is 2. The Morgan fingerprint density at radius 3 is 2.58 bits per heavy atom. The van der Waals surface area contributed by atoms with Gasteiger partial charge in [0.05, 0.1) is 5.69 Å². The van der Waals surface area contributed by atoms with Crippen LogP contribution in [-0.4, -0.2) is 27.4 Å². The quantitative estimate of drug-likeness (QED) is 0.238. The number of hydrogen-bond acceptors (Lipinski definition) is 4. The molecule has 1 heterocycles. The van der Waals surface area contributed by atoms with E-state index < -0.39 is 0 Å². The Labute approximate surface area is 114 Å². The van der Waals surface area contributed by atoms with Crippen LogP contribution < -0.4 is 11.1 Å². The average molecular weight is 267 g/mol. The van der Waals surface area contributed by atoms with Crippen molar-refractivity contribution < 1.29 is 5.21 Å². The zero-order chi connectivity index (χ0) is 14.6. The van der Waals surface area contributed by atoms with Crippen molar-refractivity contribution >= 4 is 5.84 Å². The van der Waals surface area contributed by atoms with E-state index in [1.165, 1.54) is 11.3 Å². The van der Waals surface area contributed by atoms with Crippen molar-refractivity contribution in [1.29, 1.82) is 0 Å². The summed E-state index contributed by atoms with van der Waals surface area (Å²) < 4.78 is 1.90. The molecule has 0 saturated carbocycles. The maximum atomic E-state index is 8.71. The predicted octanol–water partition coefficient (Wildman–Crippen LogP) is 1.29. The Bertz CT molecular complexity index is 462. The van der Waals surface area contributed by atoms with Crippen LogP contribution in [0.1, 0.15) is 37.2 Å². The molecule has 19 heavy (non-hydrogen) atoms. The van der Waals surface area contributed by atoms with Crippen LogP contribution in [0.4, 0.5) is 0 Å². The molecule has 1 aromatic rings. The molecule has 0 bridgehead atoms. The highest BCUT2D eigenvalue weighted by Gasteiger charge is 2.22. The number of amidine groups is 1. The van der Waals surface area contributed by atoms with Crippen molar-refractivity contribution in [3.05, 3.63) is 17.0 Å². The normalized spacial score (nSPS) is 13.0. The lowest BCUT2D eigenvalue weighted by Crippen LogP contribution is -2.34. The summed E-state index contributed by atoms with van der Waals surface area (Å²) in [5.74, 6) is 0.267. The summed E-state index contributed by atoms with van der Waals surface area (Å²) in [5, 5.41) is 19.6. The van der Waals surface area contributed by atoms with Crippen molar-refractivity contribution in [2.24, 2.45) is 23.4 Å². The van der Waals surface area contributed by atoms with E-state index >= 15 is 0 Å². The zero-order valence-corrected chi connectivity index (χ0v) is 12.5. The summed E-state index contributed by atoms with van der Waals surface area (Å²) in [6.07, 6.45) is 0.807. The Hall–Kier alpha value is -1.56. The molecule has 0 spiro atoms. The number of hydrogen-bond donors (Lipinski definition) is 3. The second kappa shape index (κ2) is 6.06. The lowest BCUT2D eigenvalue weighted by molar-refractivity contribution is 0.305. The first-order chi connectivity index (χ1) is 8.79. The highest BCUT2D eigenvalue weighted by atomic mass is 16.4. The van der Waals surface area contributed by atoms with E-state index in [0.29, 0.717) is 0 Å². The Morgan fingerprint density at radius 2 is 2.11 bits per heavy atom. The van der Waals surface area contributed by atoms with Gasteiger partial charge < -0.3 is 16.3 Å². The number of rotatable bonds is 6. The van der Waals surface area contributed by atoms with Gasteiger partial charge in [-0.2, -0.15) is 5.10 Å². The number of aromatic nitrogens is 2. The first-order valence-electron chi connectivity index (χ1n) is 6.47. The summed E-state index contributed by atoms with van der Waals surface area (Å²) in [7, 11) is 1.95. The second-order valence-corrected chi connectivity index (χ2v) is 5.57. The maximum Gasteiger partial charge on any atom is 0.144 e. The van der Waals surface area contributed by atoms with Gasteiger partial charge in [0.1, 0.15) is 5.84 Å². The lowest BCUT2D eigenvalue weighted by Gasteiger charge is -2.22. The third-order valence-electron chi connectivity index (χ3n) is 3.69. The van der Waals surface area contributed by atoms with Gasteiger partial charge in [-0.15, -0.1) is 0 Å². The smallest absolute Gasteiger partial charge is 0.144 e. The fourth-order valence-corrected chi connectivity index (χ4v) is 1.95. The molecule has 0 unspecified atom stereocenters. The molecule has 0 aliphatic carbocycles. The van der Waals surface area contributed by atoms with Gasteiger partial charge in [0.25, 0.3) is 0 Å². The van der Waals surface area contributed by atoms with E-state index in [-0.39, 0.29) is 11.3 Å². The van der Waals surface area contributed by atoms with Crippen molar-refractivity contribution in [3.8, 4) is 0 Å². The second-order valence-electron chi connectivity index (χ2n) is 5.57. The van der Waals surface area contributed by atoms with Crippen LogP contribution in [0.3, 0.4) is 0 Å². The molecule has 6 nitrogen and oxygen atoms in total. The van der Waals surface area contributed by atoms with E-state index in [9.17, 15) is 0 Å². The highest BCUT2D eigenvalue weighted by molar-refractivity contribution is 5.85. The van der Waals surface area contributed by atoms with Gasteiger partial charge in [-0.1, -0.05) is 19.0 Å².